The number of hydrogen-bond donors (Lipinski definition) is 2. The fourth-order valence-electron chi connectivity index (χ4n) is 4.42. The molecule has 0 radical (unpaired) electrons. The summed E-state index contributed by atoms with van der Waals surface area (Å²) in [6, 6.07) is 1.09. The minimum atomic E-state index is 0.411. The Morgan fingerprint density at radius 3 is 2.63 bits per heavy atom. The van der Waals surface area contributed by atoms with Crippen LogP contribution < -0.4 is 10.6 Å². The highest BCUT2D eigenvalue weighted by molar-refractivity contribution is 7.18. The van der Waals surface area contributed by atoms with Gasteiger partial charge in [0.1, 0.15) is 5.52 Å². The lowest BCUT2D eigenvalue weighted by atomic mass is 9.90. The first kappa shape index (κ1) is 19.7. The van der Waals surface area contributed by atoms with Gasteiger partial charge < -0.3 is 15.4 Å². The highest BCUT2D eigenvalue weighted by Crippen LogP contribution is 2.31. The van der Waals surface area contributed by atoms with E-state index >= 15 is 0 Å². The molecule has 0 aromatic carbocycles. The Bertz CT molecular complexity index is 1000. The van der Waals surface area contributed by atoms with Gasteiger partial charge in [-0.3, -0.25) is 9.58 Å². The molecule has 3 aromatic rings. The number of aromatic nitrogens is 5. The molecule has 2 N–H and O–H groups in total. The van der Waals surface area contributed by atoms with Crippen molar-refractivity contribution in [1.82, 2.24) is 29.6 Å². The summed E-state index contributed by atoms with van der Waals surface area (Å²) < 4.78 is 7.26. The molecule has 5 rings (SSSR count). The lowest BCUT2D eigenvalue weighted by Crippen LogP contribution is -2.46. The highest BCUT2D eigenvalue weighted by Gasteiger charge is 2.27. The number of fused-ring (bicyclic) bond motifs is 1. The maximum absolute atomic E-state index is 5.50. The second-order valence-electron chi connectivity index (χ2n) is 8.11. The monoisotopic (exact) mass is 428 g/mol. The fraction of sp³-hybridized carbons (Fsp3) is 0.600. The summed E-state index contributed by atoms with van der Waals surface area (Å²) in [5, 5.41) is 12.1. The second-order valence-corrected chi connectivity index (χ2v) is 9.29. The van der Waals surface area contributed by atoms with Crippen molar-refractivity contribution >= 4 is 39.1 Å². The Balaban J connectivity index is 1.31. The molecule has 1 saturated carbocycles. The molecule has 10 heteroatoms. The molecule has 3 aromatic heterocycles. The molecular weight excluding hydrogens is 400 g/mol. The van der Waals surface area contributed by atoms with Crippen molar-refractivity contribution in [3.8, 4) is 0 Å². The minimum absolute atomic E-state index is 0.411. The van der Waals surface area contributed by atoms with E-state index in [4.69, 9.17) is 9.72 Å². The van der Waals surface area contributed by atoms with Crippen LogP contribution in [0.2, 0.25) is 0 Å². The van der Waals surface area contributed by atoms with Gasteiger partial charge in [0.15, 0.2) is 10.6 Å². The number of morpholine rings is 1. The molecule has 1 aliphatic carbocycles. The number of nitrogens with zero attached hydrogens (tertiary/aromatic N) is 6. The predicted molar refractivity (Wildman–Crippen MR) is 118 cm³/mol. The average molecular weight is 429 g/mol. The molecule has 0 spiro atoms. The van der Waals surface area contributed by atoms with E-state index in [1.165, 1.54) is 12.8 Å². The van der Waals surface area contributed by atoms with Crippen LogP contribution >= 0.6 is 11.3 Å². The van der Waals surface area contributed by atoms with Crippen molar-refractivity contribution in [1.29, 1.82) is 0 Å². The zero-order chi connectivity index (χ0) is 20.5. The summed E-state index contributed by atoms with van der Waals surface area (Å²) >= 11 is 1.60. The Hall–Kier alpha value is -2.30. The molecular formula is C20H28N8OS. The van der Waals surface area contributed by atoms with Crippen LogP contribution in [0.4, 0.5) is 17.5 Å². The summed E-state index contributed by atoms with van der Waals surface area (Å²) in [5.41, 5.74) is 1.74. The van der Waals surface area contributed by atoms with Crippen LogP contribution in [0, 0.1) is 6.92 Å². The summed E-state index contributed by atoms with van der Waals surface area (Å²) in [5.74, 6) is 1.40. The molecule has 0 unspecified atom stereocenters. The number of thiazole rings is 1. The van der Waals surface area contributed by atoms with Crippen molar-refractivity contribution in [2.45, 2.75) is 44.7 Å². The van der Waals surface area contributed by atoms with Gasteiger partial charge in [-0.05, 0) is 32.6 Å². The van der Waals surface area contributed by atoms with E-state index in [1.807, 2.05) is 20.2 Å². The first-order valence-corrected chi connectivity index (χ1v) is 11.4. The second kappa shape index (κ2) is 8.44. The Labute approximate surface area is 179 Å². The molecule has 0 atom stereocenters. The van der Waals surface area contributed by atoms with E-state index < -0.39 is 0 Å². The SMILES string of the molecule is Cc1nc2c(NC3CCC(N4CCOCC4)CC3)nc(Nc3cnn(C)c3)nc2s1. The maximum atomic E-state index is 5.50. The van der Waals surface area contributed by atoms with E-state index in [2.05, 4.69) is 30.6 Å². The molecule has 1 aliphatic heterocycles. The molecule has 4 heterocycles. The largest absolute Gasteiger partial charge is 0.379 e. The van der Waals surface area contributed by atoms with Gasteiger partial charge in [0.05, 0.1) is 30.1 Å². The summed E-state index contributed by atoms with van der Waals surface area (Å²) in [6.07, 6.45) is 8.38. The van der Waals surface area contributed by atoms with Gasteiger partial charge in [0.2, 0.25) is 5.95 Å². The van der Waals surface area contributed by atoms with Crippen molar-refractivity contribution in [3.05, 3.63) is 17.4 Å². The lowest BCUT2D eigenvalue weighted by Gasteiger charge is -2.39. The van der Waals surface area contributed by atoms with Crippen molar-refractivity contribution in [3.63, 3.8) is 0 Å². The van der Waals surface area contributed by atoms with Crippen LogP contribution in [-0.4, -0.2) is 68.0 Å². The molecule has 160 valence electrons. The molecule has 1 saturated heterocycles. The highest BCUT2D eigenvalue weighted by atomic mass is 32.1. The van der Waals surface area contributed by atoms with Gasteiger partial charge in [-0.15, -0.1) is 0 Å². The van der Waals surface area contributed by atoms with E-state index in [1.54, 1.807) is 22.2 Å². The number of aryl methyl sites for hydroxylation is 2. The third-order valence-corrected chi connectivity index (χ3v) is 6.79. The smallest absolute Gasteiger partial charge is 0.230 e. The van der Waals surface area contributed by atoms with E-state index in [-0.39, 0.29) is 0 Å². The summed E-state index contributed by atoms with van der Waals surface area (Å²) in [4.78, 5) is 17.6. The van der Waals surface area contributed by atoms with Gasteiger partial charge >= 0.3 is 0 Å². The fourth-order valence-corrected chi connectivity index (χ4v) is 5.21. The standard InChI is InChI=1S/C20H28N8OS/c1-13-22-17-18(23-14-3-5-16(6-4-14)28-7-9-29-10-8-28)25-20(26-19(17)30-13)24-15-11-21-27(2)12-15/h11-12,14,16H,3-10H2,1-2H3,(H2,23,24,25,26). The zero-order valence-electron chi connectivity index (χ0n) is 17.5. The van der Waals surface area contributed by atoms with Crippen molar-refractivity contribution < 1.29 is 4.74 Å². The number of nitrogens with one attached hydrogen (secondary N) is 2. The van der Waals surface area contributed by atoms with Gasteiger partial charge in [0, 0.05) is 38.4 Å². The van der Waals surface area contributed by atoms with Gasteiger partial charge in [-0.2, -0.15) is 15.1 Å². The summed E-state index contributed by atoms with van der Waals surface area (Å²) in [7, 11) is 1.89. The minimum Gasteiger partial charge on any atom is -0.379 e. The number of ether oxygens (including phenoxy) is 1. The molecule has 0 bridgehead atoms. The zero-order valence-corrected chi connectivity index (χ0v) is 18.3. The Morgan fingerprint density at radius 2 is 1.90 bits per heavy atom. The molecule has 30 heavy (non-hydrogen) atoms. The van der Waals surface area contributed by atoms with Crippen LogP contribution in [-0.2, 0) is 11.8 Å². The average Bonchev–Trinajstić information content (AvgIpc) is 3.34. The van der Waals surface area contributed by atoms with Crippen LogP contribution in [0.5, 0.6) is 0 Å². The topological polar surface area (TPSA) is 93.0 Å². The third-order valence-electron chi connectivity index (χ3n) is 5.93. The van der Waals surface area contributed by atoms with Crippen molar-refractivity contribution in [2.75, 3.05) is 36.9 Å². The van der Waals surface area contributed by atoms with Crippen molar-refractivity contribution in [2.24, 2.45) is 7.05 Å². The molecule has 2 aliphatic rings. The maximum Gasteiger partial charge on any atom is 0.230 e. The Kier molecular flexibility index (Phi) is 5.53. The van der Waals surface area contributed by atoms with Gasteiger partial charge in [0.25, 0.3) is 0 Å². The van der Waals surface area contributed by atoms with Crippen LogP contribution in [0.3, 0.4) is 0 Å². The quantitative estimate of drug-likeness (QED) is 0.641. The van der Waals surface area contributed by atoms with Crippen LogP contribution in [0.1, 0.15) is 30.7 Å². The lowest BCUT2D eigenvalue weighted by molar-refractivity contribution is 0.00791. The first-order valence-electron chi connectivity index (χ1n) is 10.6. The molecule has 0 amide bonds. The van der Waals surface area contributed by atoms with Gasteiger partial charge in [-0.25, -0.2) is 4.98 Å². The normalized spacial score (nSPS) is 23.0. The van der Waals surface area contributed by atoms with E-state index in [9.17, 15) is 0 Å². The number of hydrogen-bond acceptors (Lipinski definition) is 9. The van der Waals surface area contributed by atoms with Gasteiger partial charge in [-0.1, -0.05) is 11.3 Å². The molecule has 9 nitrogen and oxygen atoms in total. The summed E-state index contributed by atoms with van der Waals surface area (Å²) in [6.45, 7) is 5.88. The first-order chi connectivity index (χ1) is 14.6. The number of anilines is 3. The Morgan fingerprint density at radius 1 is 1.10 bits per heavy atom. The predicted octanol–water partition coefficient (Wildman–Crippen LogP) is 2.93. The number of rotatable bonds is 5. The van der Waals surface area contributed by atoms with Crippen LogP contribution in [0.15, 0.2) is 12.4 Å². The molecule has 2 fully saturated rings. The van der Waals surface area contributed by atoms with E-state index in [0.29, 0.717) is 18.0 Å². The third kappa shape index (κ3) is 4.26. The van der Waals surface area contributed by atoms with E-state index in [0.717, 1.165) is 66.0 Å². The van der Waals surface area contributed by atoms with Crippen LogP contribution in [0.25, 0.3) is 10.3 Å².